The smallest absolute Gasteiger partial charge is 0.269 e. The zero-order valence-corrected chi connectivity index (χ0v) is 14.2. The van der Waals surface area contributed by atoms with Gasteiger partial charge in [-0.3, -0.25) is 9.78 Å². The van der Waals surface area contributed by atoms with Crippen molar-refractivity contribution < 1.29 is 9.90 Å². The fourth-order valence-corrected chi connectivity index (χ4v) is 2.43. The van der Waals surface area contributed by atoms with E-state index in [1.807, 2.05) is 30.3 Å². The minimum Gasteiger partial charge on any atom is -0.508 e. The summed E-state index contributed by atoms with van der Waals surface area (Å²) < 4.78 is 0. The topological polar surface area (TPSA) is 87.1 Å². The lowest BCUT2D eigenvalue weighted by atomic mass is 10.1. The largest absolute Gasteiger partial charge is 0.508 e. The number of pyridine rings is 2. The molecule has 0 unspecified atom stereocenters. The number of carbonyl (C=O) groups is 1. The van der Waals surface area contributed by atoms with Gasteiger partial charge >= 0.3 is 0 Å². The molecule has 3 rings (SSSR count). The van der Waals surface area contributed by atoms with Crippen LogP contribution in [0.5, 0.6) is 5.75 Å². The van der Waals surface area contributed by atoms with Crippen LogP contribution in [0.3, 0.4) is 0 Å². The van der Waals surface area contributed by atoms with E-state index in [9.17, 15) is 9.90 Å². The Morgan fingerprint density at radius 1 is 1.00 bits per heavy atom. The molecule has 2 heterocycles. The highest BCUT2D eigenvalue weighted by Gasteiger charge is 2.07. The van der Waals surface area contributed by atoms with Gasteiger partial charge in [-0.25, -0.2) is 4.98 Å². The minimum atomic E-state index is -0.214. The fourth-order valence-electron chi connectivity index (χ4n) is 2.43. The highest BCUT2D eigenvalue weighted by Crippen LogP contribution is 2.10. The van der Waals surface area contributed by atoms with Gasteiger partial charge in [0.2, 0.25) is 0 Å². The molecule has 3 aromatic rings. The average Bonchev–Trinajstić information content (AvgIpc) is 2.69. The summed E-state index contributed by atoms with van der Waals surface area (Å²) in [6.07, 6.45) is 4.20. The zero-order valence-electron chi connectivity index (χ0n) is 14.2. The Morgan fingerprint density at radius 3 is 2.62 bits per heavy atom. The number of hydrogen-bond acceptors (Lipinski definition) is 5. The van der Waals surface area contributed by atoms with Crippen molar-refractivity contribution >= 4 is 11.7 Å². The highest BCUT2D eigenvalue weighted by molar-refractivity contribution is 5.92. The lowest BCUT2D eigenvalue weighted by Crippen LogP contribution is -2.26. The molecular weight excluding hydrogens is 328 g/mol. The summed E-state index contributed by atoms with van der Waals surface area (Å²) in [4.78, 5) is 20.7. The van der Waals surface area contributed by atoms with Crippen molar-refractivity contribution in [2.45, 2.75) is 13.0 Å². The minimum absolute atomic E-state index is 0.214. The number of nitrogens with one attached hydrogen (secondary N) is 2. The predicted molar refractivity (Wildman–Crippen MR) is 99.9 cm³/mol. The van der Waals surface area contributed by atoms with Crippen LogP contribution in [0.15, 0.2) is 67.0 Å². The van der Waals surface area contributed by atoms with Crippen LogP contribution in [0, 0.1) is 0 Å². The Bertz CT molecular complexity index is 851. The molecule has 0 aliphatic heterocycles. The molecule has 0 aliphatic rings. The number of phenolic OH excluding ortho intramolecular Hbond substituents is 1. The van der Waals surface area contributed by atoms with Crippen molar-refractivity contribution in [3.8, 4) is 5.75 Å². The standard InChI is InChI=1S/C20H20N4O2/c25-17-8-6-15(7-9-17)10-12-22-20(26)18-4-1-5-19(24-18)23-14-16-3-2-11-21-13-16/h1-9,11,13,25H,10,12,14H2,(H,22,26)(H,23,24). The quantitative estimate of drug-likeness (QED) is 0.611. The summed E-state index contributed by atoms with van der Waals surface area (Å²) in [5.74, 6) is 0.659. The second kappa shape index (κ2) is 8.62. The third-order valence-electron chi connectivity index (χ3n) is 3.81. The molecule has 0 radical (unpaired) electrons. The summed E-state index contributed by atoms with van der Waals surface area (Å²) >= 11 is 0. The van der Waals surface area contributed by atoms with Gasteiger partial charge in [-0.05, 0) is 47.9 Å². The van der Waals surface area contributed by atoms with Gasteiger partial charge in [-0.15, -0.1) is 0 Å². The number of carbonyl (C=O) groups excluding carboxylic acids is 1. The Kier molecular flexibility index (Phi) is 5.77. The van der Waals surface area contributed by atoms with Crippen LogP contribution >= 0.6 is 0 Å². The van der Waals surface area contributed by atoms with Crippen molar-refractivity contribution in [2.24, 2.45) is 0 Å². The maximum atomic E-state index is 12.3. The van der Waals surface area contributed by atoms with E-state index in [1.165, 1.54) is 0 Å². The van der Waals surface area contributed by atoms with Gasteiger partial charge in [0.15, 0.2) is 0 Å². The van der Waals surface area contributed by atoms with Gasteiger partial charge in [0, 0.05) is 25.5 Å². The van der Waals surface area contributed by atoms with Gasteiger partial charge in [0.1, 0.15) is 17.3 Å². The molecule has 0 spiro atoms. The number of aromatic hydroxyl groups is 1. The van der Waals surface area contributed by atoms with Crippen LogP contribution < -0.4 is 10.6 Å². The normalized spacial score (nSPS) is 10.3. The van der Waals surface area contributed by atoms with Gasteiger partial charge in [-0.2, -0.15) is 0 Å². The zero-order chi connectivity index (χ0) is 18.2. The number of hydrogen-bond donors (Lipinski definition) is 3. The van der Waals surface area contributed by atoms with E-state index in [1.54, 1.807) is 36.7 Å². The Balaban J connectivity index is 1.51. The fraction of sp³-hybridized carbons (Fsp3) is 0.150. The average molecular weight is 348 g/mol. The van der Waals surface area contributed by atoms with Crippen LogP contribution in [0.2, 0.25) is 0 Å². The number of anilines is 1. The molecule has 0 atom stereocenters. The van der Waals surface area contributed by atoms with Gasteiger partial charge < -0.3 is 15.7 Å². The van der Waals surface area contributed by atoms with E-state index >= 15 is 0 Å². The van der Waals surface area contributed by atoms with Crippen molar-refractivity contribution in [2.75, 3.05) is 11.9 Å². The number of benzene rings is 1. The number of aromatic nitrogens is 2. The molecule has 0 aliphatic carbocycles. The SMILES string of the molecule is O=C(NCCc1ccc(O)cc1)c1cccc(NCc2cccnc2)n1. The van der Waals surface area contributed by atoms with E-state index in [4.69, 9.17) is 0 Å². The predicted octanol–water partition coefficient (Wildman–Crippen LogP) is 2.77. The van der Waals surface area contributed by atoms with E-state index in [-0.39, 0.29) is 11.7 Å². The second-order valence-electron chi connectivity index (χ2n) is 5.80. The molecule has 3 N–H and O–H groups in total. The first-order chi connectivity index (χ1) is 12.7. The molecular formula is C20H20N4O2. The molecule has 0 fully saturated rings. The Hall–Kier alpha value is -3.41. The monoisotopic (exact) mass is 348 g/mol. The summed E-state index contributed by atoms with van der Waals surface area (Å²) in [5, 5.41) is 15.3. The first kappa shape index (κ1) is 17.4. The molecule has 6 heteroatoms. The molecule has 0 saturated heterocycles. The van der Waals surface area contributed by atoms with Crippen molar-refractivity contribution in [1.29, 1.82) is 0 Å². The van der Waals surface area contributed by atoms with Gasteiger partial charge in [0.05, 0.1) is 0 Å². The molecule has 132 valence electrons. The molecule has 1 aromatic carbocycles. The maximum absolute atomic E-state index is 12.3. The van der Waals surface area contributed by atoms with E-state index in [2.05, 4.69) is 20.6 Å². The summed E-state index contributed by atoms with van der Waals surface area (Å²) in [7, 11) is 0. The Morgan fingerprint density at radius 2 is 1.85 bits per heavy atom. The van der Waals surface area contributed by atoms with Gasteiger partial charge in [-0.1, -0.05) is 24.3 Å². The molecule has 6 nitrogen and oxygen atoms in total. The first-order valence-corrected chi connectivity index (χ1v) is 8.36. The molecule has 26 heavy (non-hydrogen) atoms. The summed E-state index contributed by atoms with van der Waals surface area (Å²) in [6.45, 7) is 1.09. The third-order valence-corrected chi connectivity index (χ3v) is 3.81. The second-order valence-corrected chi connectivity index (χ2v) is 5.80. The maximum Gasteiger partial charge on any atom is 0.269 e. The summed E-state index contributed by atoms with van der Waals surface area (Å²) in [6, 6.07) is 16.1. The molecule has 2 aromatic heterocycles. The van der Waals surface area contributed by atoms with Crippen LogP contribution in [0.25, 0.3) is 0 Å². The summed E-state index contributed by atoms with van der Waals surface area (Å²) in [5.41, 5.74) is 2.45. The van der Waals surface area contributed by atoms with E-state index in [0.717, 1.165) is 11.1 Å². The Labute approximate surface area is 152 Å². The molecule has 0 saturated carbocycles. The van der Waals surface area contributed by atoms with E-state index in [0.29, 0.717) is 31.0 Å². The van der Waals surface area contributed by atoms with Crippen LogP contribution in [0.4, 0.5) is 5.82 Å². The van der Waals surface area contributed by atoms with Crippen molar-refractivity contribution in [3.63, 3.8) is 0 Å². The molecule has 0 bridgehead atoms. The van der Waals surface area contributed by atoms with E-state index < -0.39 is 0 Å². The number of rotatable bonds is 7. The number of phenols is 1. The molecule has 1 amide bonds. The van der Waals surface area contributed by atoms with Crippen LogP contribution in [-0.2, 0) is 13.0 Å². The van der Waals surface area contributed by atoms with Crippen LogP contribution in [-0.4, -0.2) is 27.5 Å². The van der Waals surface area contributed by atoms with Crippen molar-refractivity contribution in [1.82, 2.24) is 15.3 Å². The number of amides is 1. The third kappa shape index (κ3) is 5.04. The van der Waals surface area contributed by atoms with Crippen LogP contribution in [0.1, 0.15) is 21.6 Å². The lowest BCUT2D eigenvalue weighted by Gasteiger charge is -2.08. The van der Waals surface area contributed by atoms with Gasteiger partial charge in [0.25, 0.3) is 5.91 Å². The highest BCUT2D eigenvalue weighted by atomic mass is 16.3. The lowest BCUT2D eigenvalue weighted by molar-refractivity contribution is 0.0949. The number of nitrogens with zero attached hydrogens (tertiary/aromatic N) is 2. The first-order valence-electron chi connectivity index (χ1n) is 8.36. The van der Waals surface area contributed by atoms with Crippen molar-refractivity contribution in [3.05, 3.63) is 83.8 Å².